The van der Waals surface area contributed by atoms with Crippen LogP contribution < -0.4 is 10.2 Å². The summed E-state index contributed by atoms with van der Waals surface area (Å²) in [4.78, 5) is 14.9. The van der Waals surface area contributed by atoms with Crippen LogP contribution in [0.5, 0.6) is 0 Å². The number of nitrogens with one attached hydrogen (secondary N) is 1. The van der Waals surface area contributed by atoms with Crippen LogP contribution in [-0.4, -0.2) is 19.0 Å². The molecule has 1 fully saturated rings. The zero-order valence-corrected chi connectivity index (χ0v) is 14.8. The van der Waals surface area contributed by atoms with Crippen LogP contribution in [0.15, 0.2) is 53.0 Å². The number of halogens is 1. The van der Waals surface area contributed by atoms with Crippen LogP contribution in [0.25, 0.3) is 0 Å². The molecular formula is C19H21BrN2O. The minimum absolute atomic E-state index is 0.0877. The van der Waals surface area contributed by atoms with Crippen molar-refractivity contribution in [3.63, 3.8) is 0 Å². The van der Waals surface area contributed by atoms with E-state index in [-0.39, 0.29) is 5.91 Å². The van der Waals surface area contributed by atoms with Gasteiger partial charge in [0.2, 0.25) is 0 Å². The molecule has 0 saturated carbocycles. The van der Waals surface area contributed by atoms with E-state index in [2.05, 4.69) is 39.1 Å². The number of hydrogen-bond donors (Lipinski definition) is 1. The minimum atomic E-state index is -0.0877. The summed E-state index contributed by atoms with van der Waals surface area (Å²) in [7, 11) is 0. The van der Waals surface area contributed by atoms with Crippen LogP contribution in [0.4, 0.5) is 11.4 Å². The first-order valence-corrected chi connectivity index (χ1v) is 8.84. The fourth-order valence-corrected chi connectivity index (χ4v) is 3.40. The summed E-state index contributed by atoms with van der Waals surface area (Å²) in [5, 5.41) is 3.07. The highest BCUT2D eigenvalue weighted by Gasteiger charge is 2.19. The van der Waals surface area contributed by atoms with Crippen molar-refractivity contribution in [3.05, 3.63) is 58.6 Å². The van der Waals surface area contributed by atoms with Crippen molar-refractivity contribution in [1.29, 1.82) is 0 Å². The minimum Gasteiger partial charge on any atom is -0.370 e. The molecule has 0 atom stereocenters. The molecule has 0 bridgehead atoms. The Morgan fingerprint density at radius 2 is 1.74 bits per heavy atom. The fraction of sp³-hybridized carbons (Fsp3) is 0.316. The van der Waals surface area contributed by atoms with Crippen molar-refractivity contribution in [1.82, 2.24) is 0 Å². The predicted octanol–water partition coefficient (Wildman–Crippen LogP) is 4.94. The molecular weight excluding hydrogens is 352 g/mol. The highest BCUT2D eigenvalue weighted by atomic mass is 79.9. The molecule has 3 nitrogen and oxygen atoms in total. The van der Waals surface area contributed by atoms with Crippen LogP contribution in [-0.2, 0) is 0 Å². The Morgan fingerprint density at radius 1 is 1.09 bits per heavy atom. The molecule has 23 heavy (non-hydrogen) atoms. The maximum absolute atomic E-state index is 12.6. The molecule has 1 heterocycles. The fourth-order valence-electron chi connectivity index (χ4n) is 2.94. The van der Waals surface area contributed by atoms with Gasteiger partial charge in [-0.25, -0.2) is 0 Å². The number of carbonyl (C=O) groups is 1. The normalized spacial score (nSPS) is 15.5. The van der Waals surface area contributed by atoms with Crippen molar-refractivity contribution in [3.8, 4) is 0 Å². The maximum Gasteiger partial charge on any atom is 0.256 e. The number of para-hydroxylation sites is 2. The third-order valence-electron chi connectivity index (χ3n) is 4.40. The Labute approximate surface area is 145 Å². The topological polar surface area (TPSA) is 32.3 Å². The molecule has 0 aliphatic carbocycles. The van der Waals surface area contributed by atoms with Crippen molar-refractivity contribution >= 4 is 33.2 Å². The van der Waals surface area contributed by atoms with E-state index in [0.717, 1.165) is 34.9 Å². The second-order valence-electron chi connectivity index (χ2n) is 6.12. The van der Waals surface area contributed by atoms with E-state index in [0.29, 0.717) is 5.56 Å². The van der Waals surface area contributed by atoms with E-state index in [1.54, 1.807) is 0 Å². The van der Waals surface area contributed by atoms with Crippen LogP contribution in [0.2, 0.25) is 0 Å². The molecule has 120 valence electrons. The van der Waals surface area contributed by atoms with Crippen LogP contribution in [0, 0.1) is 5.92 Å². The molecule has 1 N–H and O–H groups in total. The highest BCUT2D eigenvalue weighted by Crippen LogP contribution is 2.30. The van der Waals surface area contributed by atoms with Crippen LogP contribution in [0.1, 0.15) is 30.1 Å². The monoisotopic (exact) mass is 372 g/mol. The van der Waals surface area contributed by atoms with Crippen molar-refractivity contribution in [2.45, 2.75) is 19.8 Å². The molecule has 0 unspecified atom stereocenters. The summed E-state index contributed by atoms with van der Waals surface area (Å²) in [5.41, 5.74) is 2.64. The van der Waals surface area contributed by atoms with Crippen molar-refractivity contribution < 1.29 is 4.79 Å². The number of rotatable bonds is 3. The second kappa shape index (κ2) is 7.18. The lowest BCUT2D eigenvalue weighted by Gasteiger charge is -2.33. The molecule has 2 aromatic rings. The van der Waals surface area contributed by atoms with E-state index in [4.69, 9.17) is 0 Å². The molecule has 1 aliphatic rings. The van der Waals surface area contributed by atoms with Gasteiger partial charge < -0.3 is 10.2 Å². The zero-order valence-electron chi connectivity index (χ0n) is 13.3. The predicted molar refractivity (Wildman–Crippen MR) is 99.1 cm³/mol. The van der Waals surface area contributed by atoms with Gasteiger partial charge in [0.05, 0.1) is 16.9 Å². The van der Waals surface area contributed by atoms with Gasteiger partial charge in [0.1, 0.15) is 0 Å². The molecule has 1 aliphatic heterocycles. The van der Waals surface area contributed by atoms with Gasteiger partial charge in [0.25, 0.3) is 5.91 Å². The first kappa shape index (κ1) is 16.1. The Hall–Kier alpha value is -1.81. The number of hydrogen-bond acceptors (Lipinski definition) is 2. The maximum atomic E-state index is 12.6. The third-order valence-corrected chi connectivity index (χ3v) is 5.09. The van der Waals surface area contributed by atoms with E-state index in [1.165, 1.54) is 12.8 Å². The van der Waals surface area contributed by atoms with Crippen LogP contribution in [0.3, 0.4) is 0 Å². The lowest BCUT2D eigenvalue weighted by atomic mass is 9.98. The Bertz CT molecular complexity index is 693. The zero-order chi connectivity index (χ0) is 16.2. The standard InChI is InChI=1S/C19H21BrN2O/c1-14-10-12-22(13-11-14)18-9-5-4-8-17(18)21-19(23)15-6-2-3-7-16(15)20/h2-9,14H,10-13H2,1H3,(H,21,23). The van der Waals surface area contributed by atoms with E-state index >= 15 is 0 Å². The first-order chi connectivity index (χ1) is 11.1. The van der Waals surface area contributed by atoms with Gasteiger partial charge in [-0.05, 0) is 59.0 Å². The number of piperidine rings is 1. The van der Waals surface area contributed by atoms with Crippen LogP contribution >= 0.6 is 15.9 Å². The van der Waals surface area contributed by atoms with Gasteiger partial charge in [0, 0.05) is 17.6 Å². The average Bonchev–Trinajstić information content (AvgIpc) is 2.56. The molecule has 4 heteroatoms. The molecule has 2 aromatic carbocycles. The first-order valence-electron chi connectivity index (χ1n) is 8.05. The molecule has 1 saturated heterocycles. The molecule has 3 rings (SSSR count). The second-order valence-corrected chi connectivity index (χ2v) is 6.98. The van der Waals surface area contributed by atoms with Gasteiger partial charge in [-0.3, -0.25) is 4.79 Å². The summed E-state index contributed by atoms with van der Waals surface area (Å²) in [6.07, 6.45) is 2.40. The van der Waals surface area contributed by atoms with E-state index in [1.807, 2.05) is 42.5 Å². The molecule has 0 spiro atoms. The number of anilines is 2. The highest BCUT2D eigenvalue weighted by molar-refractivity contribution is 9.10. The summed E-state index contributed by atoms with van der Waals surface area (Å²) in [5.74, 6) is 0.698. The quantitative estimate of drug-likeness (QED) is 0.827. The lowest BCUT2D eigenvalue weighted by molar-refractivity contribution is 0.102. The Kier molecular flexibility index (Phi) is 5.01. The number of nitrogens with zero attached hydrogens (tertiary/aromatic N) is 1. The third kappa shape index (κ3) is 3.75. The van der Waals surface area contributed by atoms with Gasteiger partial charge in [-0.2, -0.15) is 0 Å². The molecule has 0 radical (unpaired) electrons. The number of carbonyl (C=O) groups excluding carboxylic acids is 1. The summed E-state index contributed by atoms with van der Waals surface area (Å²) >= 11 is 3.44. The Balaban J connectivity index is 1.81. The van der Waals surface area contributed by atoms with Crippen molar-refractivity contribution in [2.75, 3.05) is 23.3 Å². The van der Waals surface area contributed by atoms with Gasteiger partial charge in [-0.15, -0.1) is 0 Å². The largest absolute Gasteiger partial charge is 0.370 e. The number of amides is 1. The van der Waals surface area contributed by atoms with Crippen molar-refractivity contribution in [2.24, 2.45) is 5.92 Å². The van der Waals surface area contributed by atoms with E-state index < -0.39 is 0 Å². The van der Waals surface area contributed by atoms with Gasteiger partial charge in [0.15, 0.2) is 0 Å². The summed E-state index contributed by atoms with van der Waals surface area (Å²) in [6, 6.07) is 15.5. The molecule has 1 amide bonds. The average molecular weight is 373 g/mol. The SMILES string of the molecule is CC1CCN(c2ccccc2NC(=O)c2ccccc2Br)CC1. The molecule has 0 aromatic heterocycles. The number of benzene rings is 2. The van der Waals surface area contributed by atoms with Gasteiger partial charge in [-0.1, -0.05) is 31.2 Å². The lowest BCUT2D eigenvalue weighted by Crippen LogP contribution is -2.33. The van der Waals surface area contributed by atoms with Gasteiger partial charge >= 0.3 is 0 Å². The van der Waals surface area contributed by atoms with E-state index in [9.17, 15) is 4.79 Å². The summed E-state index contributed by atoms with van der Waals surface area (Å²) in [6.45, 7) is 4.39. The summed E-state index contributed by atoms with van der Waals surface area (Å²) < 4.78 is 0.807. The smallest absolute Gasteiger partial charge is 0.256 e. The Morgan fingerprint density at radius 3 is 2.48 bits per heavy atom.